The number of carbonyl (C=O) groups excluding carboxylic acids is 2. The Kier molecular flexibility index (Phi) is 5.68. The predicted molar refractivity (Wildman–Crippen MR) is 90.1 cm³/mol. The Hall–Kier alpha value is -2.25. The van der Waals surface area contributed by atoms with Gasteiger partial charge in [0.05, 0.1) is 5.69 Å². The van der Waals surface area contributed by atoms with E-state index in [9.17, 15) is 22.8 Å². The molecular formula is C18H22F3N3O2. The molecule has 2 aliphatic rings. The minimum absolute atomic E-state index is 0.0837. The van der Waals surface area contributed by atoms with E-state index in [-0.39, 0.29) is 11.8 Å². The van der Waals surface area contributed by atoms with Gasteiger partial charge in [-0.05, 0) is 25.0 Å². The molecule has 0 radical (unpaired) electrons. The molecule has 142 valence electrons. The van der Waals surface area contributed by atoms with Gasteiger partial charge < -0.3 is 15.1 Å². The number of carbonyl (C=O) groups is 2. The number of halogens is 3. The second-order valence-electron chi connectivity index (χ2n) is 6.80. The summed E-state index contributed by atoms with van der Waals surface area (Å²) in [6, 6.07) is 1.14. The molecule has 1 aliphatic heterocycles. The molecule has 8 heteroatoms. The van der Waals surface area contributed by atoms with Crippen molar-refractivity contribution < 1.29 is 22.8 Å². The van der Waals surface area contributed by atoms with Gasteiger partial charge >= 0.3 is 6.03 Å². The molecule has 3 rings (SSSR count). The van der Waals surface area contributed by atoms with Gasteiger partial charge in [0.15, 0.2) is 17.5 Å². The van der Waals surface area contributed by atoms with Crippen LogP contribution in [0.3, 0.4) is 0 Å². The van der Waals surface area contributed by atoms with Crippen LogP contribution in [-0.4, -0.2) is 47.9 Å². The molecule has 3 amide bonds. The highest BCUT2D eigenvalue weighted by atomic mass is 19.2. The number of urea groups is 1. The van der Waals surface area contributed by atoms with Crippen LogP contribution in [0.1, 0.15) is 32.1 Å². The van der Waals surface area contributed by atoms with Crippen LogP contribution in [0, 0.1) is 23.4 Å². The summed E-state index contributed by atoms with van der Waals surface area (Å²) in [5.74, 6) is -4.12. The first-order valence-electron chi connectivity index (χ1n) is 8.95. The number of rotatable bonds is 2. The number of hydrogen-bond donors (Lipinski definition) is 1. The summed E-state index contributed by atoms with van der Waals surface area (Å²) in [5, 5.41) is 2.26. The van der Waals surface area contributed by atoms with Crippen molar-refractivity contribution in [3.05, 3.63) is 29.6 Å². The fourth-order valence-electron chi connectivity index (χ4n) is 3.55. The summed E-state index contributed by atoms with van der Waals surface area (Å²) in [4.78, 5) is 27.9. The number of benzene rings is 1. The molecule has 0 atom stereocenters. The topological polar surface area (TPSA) is 52.7 Å². The lowest BCUT2D eigenvalue weighted by molar-refractivity contribution is -0.138. The smallest absolute Gasteiger partial charge is 0.322 e. The average Bonchev–Trinajstić information content (AvgIpc) is 2.68. The molecule has 26 heavy (non-hydrogen) atoms. The van der Waals surface area contributed by atoms with Crippen LogP contribution >= 0.6 is 0 Å². The molecule has 0 unspecified atom stereocenters. The van der Waals surface area contributed by atoms with Crippen molar-refractivity contribution in [1.29, 1.82) is 0 Å². The van der Waals surface area contributed by atoms with Crippen molar-refractivity contribution in [2.24, 2.45) is 5.92 Å². The van der Waals surface area contributed by atoms with Crippen molar-refractivity contribution >= 4 is 17.6 Å². The average molecular weight is 369 g/mol. The minimum atomic E-state index is -1.62. The third-order valence-corrected chi connectivity index (χ3v) is 5.11. The third-order valence-electron chi connectivity index (χ3n) is 5.11. The maximum atomic E-state index is 13.7. The van der Waals surface area contributed by atoms with E-state index in [1.165, 1.54) is 11.3 Å². The lowest BCUT2D eigenvalue weighted by Gasteiger charge is -2.37. The largest absolute Gasteiger partial charge is 0.339 e. The Bertz CT molecular complexity index is 685. The molecule has 5 nitrogen and oxygen atoms in total. The van der Waals surface area contributed by atoms with Crippen molar-refractivity contribution in [2.75, 3.05) is 31.5 Å². The van der Waals surface area contributed by atoms with Gasteiger partial charge in [-0.25, -0.2) is 18.0 Å². The first-order chi connectivity index (χ1) is 12.5. The number of hydrogen-bond acceptors (Lipinski definition) is 2. The lowest BCUT2D eigenvalue weighted by Crippen LogP contribution is -2.53. The summed E-state index contributed by atoms with van der Waals surface area (Å²) < 4.78 is 39.9. The van der Waals surface area contributed by atoms with E-state index in [0.29, 0.717) is 26.2 Å². The monoisotopic (exact) mass is 369 g/mol. The van der Waals surface area contributed by atoms with E-state index in [0.717, 1.165) is 37.8 Å². The molecule has 0 bridgehead atoms. The van der Waals surface area contributed by atoms with Crippen LogP contribution in [0.5, 0.6) is 0 Å². The van der Waals surface area contributed by atoms with Gasteiger partial charge in [0, 0.05) is 32.1 Å². The summed E-state index contributed by atoms with van der Waals surface area (Å²) in [6.07, 6.45) is 5.19. The van der Waals surface area contributed by atoms with Crippen LogP contribution < -0.4 is 5.32 Å². The summed E-state index contributed by atoms with van der Waals surface area (Å²) in [5.41, 5.74) is -0.408. The molecule has 1 saturated carbocycles. The van der Waals surface area contributed by atoms with Gasteiger partial charge in [-0.1, -0.05) is 19.3 Å². The Morgan fingerprint density at radius 3 is 2.15 bits per heavy atom. The van der Waals surface area contributed by atoms with Crippen molar-refractivity contribution in [1.82, 2.24) is 9.80 Å². The Morgan fingerprint density at radius 2 is 1.50 bits per heavy atom. The molecule has 1 aromatic carbocycles. The zero-order chi connectivity index (χ0) is 18.7. The fraction of sp³-hybridized carbons (Fsp3) is 0.556. The molecule has 1 heterocycles. The second-order valence-corrected chi connectivity index (χ2v) is 6.80. The van der Waals surface area contributed by atoms with E-state index < -0.39 is 29.2 Å². The Labute approximate surface area is 150 Å². The summed E-state index contributed by atoms with van der Waals surface area (Å²) >= 11 is 0. The van der Waals surface area contributed by atoms with Crippen molar-refractivity contribution in [3.63, 3.8) is 0 Å². The van der Waals surface area contributed by atoms with Crippen LogP contribution in [0.25, 0.3) is 0 Å². The molecule has 1 aliphatic carbocycles. The molecule has 0 spiro atoms. The van der Waals surface area contributed by atoms with E-state index >= 15 is 0 Å². The zero-order valence-electron chi connectivity index (χ0n) is 14.4. The molecular weight excluding hydrogens is 347 g/mol. The van der Waals surface area contributed by atoms with Crippen LogP contribution in [-0.2, 0) is 4.79 Å². The predicted octanol–water partition coefficient (Wildman–Crippen LogP) is 3.36. The van der Waals surface area contributed by atoms with Gasteiger partial charge in [0.25, 0.3) is 0 Å². The number of amides is 3. The van der Waals surface area contributed by atoms with Crippen LogP contribution in [0.4, 0.5) is 23.7 Å². The van der Waals surface area contributed by atoms with Gasteiger partial charge in [0.2, 0.25) is 5.91 Å². The van der Waals surface area contributed by atoms with Crippen LogP contribution in [0.15, 0.2) is 12.1 Å². The molecule has 1 N–H and O–H groups in total. The first kappa shape index (κ1) is 18.5. The van der Waals surface area contributed by atoms with Gasteiger partial charge in [-0.3, -0.25) is 4.79 Å². The number of nitrogens with zero attached hydrogens (tertiary/aromatic N) is 2. The second kappa shape index (κ2) is 7.97. The Balaban J connectivity index is 1.53. The minimum Gasteiger partial charge on any atom is -0.339 e. The zero-order valence-corrected chi connectivity index (χ0v) is 14.4. The van der Waals surface area contributed by atoms with Crippen molar-refractivity contribution in [2.45, 2.75) is 32.1 Å². The van der Waals surface area contributed by atoms with Crippen LogP contribution in [0.2, 0.25) is 0 Å². The third kappa shape index (κ3) is 3.94. The quantitative estimate of drug-likeness (QED) is 0.813. The SMILES string of the molecule is O=C(Nc1ccc(F)c(F)c1F)N1CCN(C(=O)C2CCCCC2)CC1. The molecule has 0 aromatic heterocycles. The standard InChI is InChI=1S/C18H22F3N3O2/c19-13-6-7-14(16(21)15(13)20)22-18(26)24-10-8-23(9-11-24)17(25)12-4-2-1-3-5-12/h6-7,12H,1-5,8-11H2,(H,22,26). The fourth-order valence-corrected chi connectivity index (χ4v) is 3.55. The summed E-state index contributed by atoms with van der Waals surface area (Å²) in [7, 11) is 0. The van der Waals surface area contributed by atoms with E-state index in [2.05, 4.69) is 5.32 Å². The molecule has 1 aromatic rings. The summed E-state index contributed by atoms with van der Waals surface area (Å²) in [6.45, 7) is 1.47. The van der Waals surface area contributed by atoms with Gasteiger partial charge in [0.1, 0.15) is 0 Å². The number of piperazine rings is 1. The molecule has 1 saturated heterocycles. The number of anilines is 1. The van der Waals surface area contributed by atoms with Gasteiger partial charge in [-0.15, -0.1) is 0 Å². The first-order valence-corrected chi connectivity index (χ1v) is 8.95. The highest BCUT2D eigenvalue weighted by molar-refractivity contribution is 5.89. The maximum absolute atomic E-state index is 13.7. The van der Waals surface area contributed by atoms with E-state index in [1.807, 2.05) is 0 Å². The van der Waals surface area contributed by atoms with E-state index in [4.69, 9.17) is 0 Å². The number of nitrogens with one attached hydrogen (secondary N) is 1. The lowest BCUT2D eigenvalue weighted by atomic mass is 9.88. The van der Waals surface area contributed by atoms with Crippen molar-refractivity contribution in [3.8, 4) is 0 Å². The van der Waals surface area contributed by atoms with Gasteiger partial charge in [-0.2, -0.15) is 0 Å². The van der Waals surface area contributed by atoms with E-state index in [1.54, 1.807) is 4.90 Å². The maximum Gasteiger partial charge on any atom is 0.322 e. The normalized spacial score (nSPS) is 18.7. The highest BCUT2D eigenvalue weighted by Crippen LogP contribution is 2.26. The Morgan fingerprint density at radius 1 is 0.885 bits per heavy atom. The molecule has 2 fully saturated rings. The highest BCUT2D eigenvalue weighted by Gasteiger charge is 2.30.